The Bertz CT molecular complexity index is 577. The fourth-order valence-electron chi connectivity index (χ4n) is 1.36. The molecule has 0 aliphatic rings. The van der Waals surface area contributed by atoms with Gasteiger partial charge in [-0.25, -0.2) is 9.37 Å². The first-order chi connectivity index (χ1) is 8.58. The molecule has 0 amide bonds. The van der Waals surface area contributed by atoms with Gasteiger partial charge < -0.3 is 10.5 Å². The molecule has 2 N–H and O–H groups in total. The summed E-state index contributed by atoms with van der Waals surface area (Å²) in [6.07, 6.45) is 0.644. The highest BCUT2D eigenvalue weighted by Crippen LogP contribution is 2.25. The molecule has 0 bridgehead atoms. The van der Waals surface area contributed by atoms with Crippen LogP contribution in [-0.4, -0.2) is 9.97 Å². The molecule has 1 aromatic carbocycles. The van der Waals surface area contributed by atoms with Gasteiger partial charge in [-0.05, 0) is 12.1 Å². The van der Waals surface area contributed by atoms with Crippen LogP contribution in [0.15, 0.2) is 24.3 Å². The summed E-state index contributed by atoms with van der Waals surface area (Å²) in [5.41, 5.74) is 5.63. The zero-order valence-corrected chi connectivity index (χ0v) is 10.4. The second kappa shape index (κ2) is 5.18. The highest BCUT2D eigenvalue weighted by atomic mass is 35.5. The lowest BCUT2D eigenvalue weighted by Gasteiger charge is -2.07. The molecule has 94 valence electrons. The summed E-state index contributed by atoms with van der Waals surface area (Å²) in [6, 6.07) is 5.56. The minimum Gasteiger partial charge on any atom is -0.439 e. The highest BCUT2D eigenvalue weighted by molar-refractivity contribution is 6.30. The van der Waals surface area contributed by atoms with Crippen molar-refractivity contribution in [3.8, 4) is 11.6 Å². The molecule has 2 rings (SSSR count). The van der Waals surface area contributed by atoms with Gasteiger partial charge in [0.05, 0.1) is 5.02 Å². The molecular weight excluding hydrogens is 257 g/mol. The van der Waals surface area contributed by atoms with Gasteiger partial charge in [-0.2, -0.15) is 4.98 Å². The molecule has 18 heavy (non-hydrogen) atoms. The third-order valence-corrected chi connectivity index (χ3v) is 2.49. The summed E-state index contributed by atoms with van der Waals surface area (Å²) in [5, 5.41) is -0.00903. The van der Waals surface area contributed by atoms with Crippen LogP contribution in [0.2, 0.25) is 5.02 Å². The minimum atomic E-state index is -0.500. The average molecular weight is 268 g/mol. The van der Waals surface area contributed by atoms with Crippen molar-refractivity contribution in [2.24, 2.45) is 0 Å². The number of nitrogen functional groups attached to an aromatic ring is 1. The van der Waals surface area contributed by atoms with Crippen LogP contribution < -0.4 is 10.5 Å². The van der Waals surface area contributed by atoms with E-state index in [2.05, 4.69) is 9.97 Å². The number of rotatable bonds is 3. The number of aryl methyl sites for hydroxylation is 1. The lowest BCUT2D eigenvalue weighted by molar-refractivity contribution is 0.458. The number of hydrogen-bond acceptors (Lipinski definition) is 4. The first-order valence-electron chi connectivity index (χ1n) is 5.35. The molecule has 0 radical (unpaired) electrons. The molecule has 6 heteroatoms. The molecular formula is C12H11ClFN3O. The monoisotopic (exact) mass is 267 g/mol. The van der Waals surface area contributed by atoms with Crippen molar-refractivity contribution in [1.29, 1.82) is 0 Å². The molecule has 0 saturated carbocycles. The van der Waals surface area contributed by atoms with E-state index in [9.17, 15) is 4.39 Å². The van der Waals surface area contributed by atoms with E-state index in [4.69, 9.17) is 22.1 Å². The van der Waals surface area contributed by atoms with Gasteiger partial charge in [0.2, 0.25) is 5.88 Å². The van der Waals surface area contributed by atoms with Crippen LogP contribution in [0, 0.1) is 5.82 Å². The van der Waals surface area contributed by atoms with Gasteiger partial charge in [0.1, 0.15) is 23.2 Å². The number of nitrogens with zero attached hydrogens (tertiary/aromatic N) is 2. The Morgan fingerprint density at radius 2 is 2.11 bits per heavy atom. The van der Waals surface area contributed by atoms with Crippen LogP contribution in [0.4, 0.5) is 10.2 Å². The Kier molecular flexibility index (Phi) is 3.62. The highest BCUT2D eigenvalue weighted by Gasteiger charge is 2.06. The smallest absolute Gasteiger partial charge is 0.224 e. The zero-order chi connectivity index (χ0) is 13.1. The van der Waals surface area contributed by atoms with Gasteiger partial charge in [-0.3, -0.25) is 0 Å². The zero-order valence-electron chi connectivity index (χ0n) is 9.65. The summed E-state index contributed by atoms with van der Waals surface area (Å²) < 4.78 is 18.4. The Hall–Kier alpha value is -1.88. The molecule has 0 spiro atoms. The minimum absolute atomic E-state index is 0.00903. The van der Waals surface area contributed by atoms with E-state index in [1.165, 1.54) is 24.3 Å². The predicted molar refractivity (Wildman–Crippen MR) is 67.3 cm³/mol. The lowest BCUT2D eigenvalue weighted by atomic mass is 10.3. The van der Waals surface area contributed by atoms with Gasteiger partial charge in [-0.15, -0.1) is 0 Å². The number of benzene rings is 1. The van der Waals surface area contributed by atoms with Crippen LogP contribution >= 0.6 is 11.6 Å². The van der Waals surface area contributed by atoms with Crippen LogP contribution in [0.1, 0.15) is 12.7 Å². The summed E-state index contributed by atoms with van der Waals surface area (Å²) in [5.74, 6) is 1.10. The third kappa shape index (κ3) is 2.87. The van der Waals surface area contributed by atoms with Crippen molar-refractivity contribution in [3.63, 3.8) is 0 Å². The molecule has 4 nitrogen and oxygen atoms in total. The third-order valence-electron chi connectivity index (χ3n) is 2.20. The summed E-state index contributed by atoms with van der Waals surface area (Å²) in [4.78, 5) is 8.18. The number of hydrogen-bond donors (Lipinski definition) is 1. The van der Waals surface area contributed by atoms with E-state index in [1.807, 2.05) is 6.92 Å². The van der Waals surface area contributed by atoms with Crippen LogP contribution in [-0.2, 0) is 6.42 Å². The fraction of sp³-hybridized carbons (Fsp3) is 0.167. The maximum atomic E-state index is 13.0. The molecule has 0 aliphatic heterocycles. The first kappa shape index (κ1) is 12.6. The second-order valence-electron chi connectivity index (χ2n) is 3.58. The topological polar surface area (TPSA) is 61.0 Å². The van der Waals surface area contributed by atoms with Crippen molar-refractivity contribution in [2.45, 2.75) is 13.3 Å². The van der Waals surface area contributed by atoms with Crippen molar-refractivity contribution in [1.82, 2.24) is 9.97 Å². The molecule has 0 unspecified atom stereocenters. The Balaban J connectivity index is 2.27. The van der Waals surface area contributed by atoms with Gasteiger partial charge in [-0.1, -0.05) is 18.5 Å². The van der Waals surface area contributed by atoms with Gasteiger partial charge >= 0.3 is 0 Å². The van der Waals surface area contributed by atoms with E-state index >= 15 is 0 Å². The van der Waals surface area contributed by atoms with Crippen molar-refractivity contribution >= 4 is 17.4 Å². The molecule has 0 atom stereocenters. The Labute approximate surface area is 109 Å². The van der Waals surface area contributed by atoms with Crippen LogP contribution in [0.25, 0.3) is 0 Å². The van der Waals surface area contributed by atoms with Gasteiger partial charge in [0.15, 0.2) is 0 Å². The number of aromatic nitrogens is 2. The van der Waals surface area contributed by atoms with Crippen molar-refractivity contribution in [2.75, 3.05) is 5.73 Å². The normalized spacial score (nSPS) is 10.4. The van der Waals surface area contributed by atoms with Crippen molar-refractivity contribution in [3.05, 3.63) is 40.9 Å². The van der Waals surface area contributed by atoms with E-state index < -0.39 is 5.82 Å². The average Bonchev–Trinajstić information content (AvgIpc) is 2.33. The number of ether oxygens (including phenoxy) is 1. The van der Waals surface area contributed by atoms with Gasteiger partial charge in [0, 0.05) is 18.6 Å². The maximum Gasteiger partial charge on any atom is 0.224 e. The molecule has 0 aliphatic carbocycles. The Morgan fingerprint density at radius 1 is 1.33 bits per heavy atom. The van der Waals surface area contributed by atoms with Crippen molar-refractivity contribution < 1.29 is 9.13 Å². The van der Waals surface area contributed by atoms with E-state index in [-0.39, 0.29) is 5.02 Å². The maximum absolute atomic E-state index is 13.0. The first-order valence-corrected chi connectivity index (χ1v) is 5.72. The standard InChI is InChI=1S/C12H11ClFN3O/c1-2-11-16-10(15)6-12(17-11)18-7-3-4-9(14)8(13)5-7/h3-6H,2H2,1H3,(H2,15,16,17). The number of halogens is 2. The van der Waals surface area contributed by atoms with Crippen LogP contribution in [0.3, 0.4) is 0 Å². The largest absolute Gasteiger partial charge is 0.439 e. The molecule has 0 saturated heterocycles. The van der Waals surface area contributed by atoms with Crippen LogP contribution in [0.5, 0.6) is 11.6 Å². The Morgan fingerprint density at radius 3 is 2.78 bits per heavy atom. The predicted octanol–water partition coefficient (Wildman–Crippen LogP) is 3.21. The number of nitrogens with two attached hydrogens (primary N) is 1. The lowest BCUT2D eigenvalue weighted by Crippen LogP contribution is -2.00. The SMILES string of the molecule is CCc1nc(N)cc(Oc2ccc(F)c(Cl)c2)n1. The fourth-order valence-corrected chi connectivity index (χ4v) is 1.53. The van der Waals surface area contributed by atoms with E-state index in [0.717, 1.165) is 0 Å². The molecule has 0 fully saturated rings. The summed E-state index contributed by atoms with van der Waals surface area (Å²) in [6.45, 7) is 1.91. The van der Waals surface area contributed by atoms with E-state index in [0.29, 0.717) is 29.7 Å². The molecule has 2 aromatic rings. The summed E-state index contributed by atoms with van der Waals surface area (Å²) in [7, 11) is 0. The quantitative estimate of drug-likeness (QED) is 0.928. The second-order valence-corrected chi connectivity index (χ2v) is 3.99. The van der Waals surface area contributed by atoms with Gasteiger partial charge in [0.25, 0.3) is 0 Å². The van der Waals surface area contributed by atoms with E-state index in [1.54, 1.807) is 0 Å². The molecule has 1 heterocycles. The molecule has 1 aromatic heterocycles. The summed E-state index contributed by atoms with van der Waals surface area (Å²) >= 11 is 5.66. The number of anilines is 1.